The van der Waals surface area contributed by atoms with Crippen LogP contribution in [0, 0.1) is 18.8 Å². The molecule has 1 atom stereocenters. The molecule has 1 aromatic carbocycles. The van der Waals surface area contributed by atoms with Crippen LogP contribution in [-0.4, -0.2) is 18.1 Å². The molecule has 0 aliphatic heterocycles. The van der Waals surface area contributed by atoms with E-state index in [1.807, 2.05) is 5.51 Å². The highest BCUT2D eigenvalue weighted by atomic mass is 32.1. The maximum Gasteiger partial charge on any atom is 0.0794 e. The molecule has 0 aliphatic rings. The van der Waals surface area contributed by atoms with Crippen molar-refractivity contribution in [2.24, 2.45) is 11.8 Å². The molecule has 0 aliphatic carbocycles. The summed E-state index contributed by atoms with van der Waals surface area (Å²) in [5.74, 6) is 1.30. The smallest absolute Gasteiger partial charge is 0.0794 e. The lowest BCUT2D eigenvalue weighted by molar-refractivity contribution is 0.442. The van der Waals surface area contributed by atoms with Crippen molar-refractivity contribution in [2.45, 2.75) is 33.6 Å². The average Bonchev–Trinajstić information content (AvgIpc) is 2.93. The fourth-order valence-electron chi connectivity index (χ4n) is 2.58. The predicted molar refractivity (Wildman–Crippen MR) is 91.9 cm³/mol. The predicted octanol–water partition coefficient (Wildman–Crippen LogP) is 4.10. The molecule has 0 radical (unpaired) electrons. The van der Waals surface area contributed by atoms with Crippen LogP contribution < -0.4 is 5.32 Å². The van der Waals surface area contributed by atoms with Crippen LogP contribution in [0.3, 0.4) is 0 Å². The van der Waals surface area contributed by atoms with Crippen molar-refractivity contribution in [1.82, 2.24) is 10.3 Å². The first-order chi connectivity index (χ1) is 10.1. The van der Waals surface area contributed by atoms with Crippen LogP contribution >= 0.6 is 11.3 Å². The number of hydrogen-bond donors (Lipinski definition) is 1. The second-order valence-electron chi connectivity index (χ2n) is 6.23. The number of rotatable bonds is 8. The lowest BCUT2D eigenvalue weighted by Gasteiger charge is -2.19. The van der Waals surface area contributed by atoms with Crippen LogP contribution in [0.2, 0.25) is 0 Å². The molecule has 1 N–H and O–H groups in total. The van der Waals surface area contributed by atoms with E-state index in [4.69, 9.17) is 0 Å². The third kappa shape index (κ3) is 5.60. The van der Waals surface area contributed by atoms with Crippen LogP contribution in [-0.2, 0) is 12.8 Å². The molecule has 2 aromatic rings. The Morgan fingerprint density at radius 3 is 2.62 bits per heavy atom. The summed E-state index contributed by atoms with van der Waals surface area (Å²) in [7, 11) is 0. The molecule has 0 saturated heterocycles. The highest BCUT2D eigenvalue weighted by Gasteiger charge is 2.13. The van der Waals surface area contributed by atoms with Gasteiger partial charge >= 0.3 is 0 Å². The molecule has 0 spiro atoms. The van der Waals surface area contributed by atoms with Crippen LogP contribution in [0.1, 0.15) is 30.7 Å². The van der Waals surface area contributed by atoms with Gasteiger partial charge in [-0.05, 0) is 55.8 Å². The van der Waals surface area contributed by atoms with E-state index in [1.165, 1.54) is 16.8 Å². The molecule has 2 nitrogen and oxygen atoms in total. The van der Waals surface area contributed by atoms with Gasteiger partial charge < -0.3 is 5.32 Å². The highest BCUT2D eigenvalue weighted by molar-refractivity contribution is 7.07. The Kier molecular flexibility index (Phi) is 6.40. The maximum atomic E-state index is 4.45. The quantitative estimate of drug-likeness (QED) is 0.794. The van der Waals surface area contributed by atoms with E-state index in [1.54, 1.807) is 11.3 Å². The third-order valence-electron chi connectivity index (χ3n) is 3.74. The summed E-state index contributed by atoms with van der Waals surface area (Å²) in [5, 5.41) is 5.79. The monoisotopic (exact) mass is 302 g/mol. The largest absolute Gasteiger partial charge is 0.316 e. The number of thiazole rings is 1. The second kappa shape index (κ2) is 8.30. The number of aromatic nitrogens is 1. The molecule has 21 heavy (non-hydrogen) atoms. The van der Waals surface area contributed by atoms with Gasteiger partial charge in [0.2, 0.25) is 0 Å². The summed E-state index contributed by atoms with van der Waals surface area (Å²) >= 11 is 1.69. The summed E-state index contributed by atoms with van der Waals surface area (Å²) in [6, 6.07) is 8.72. The van der Waals surface area contributed by atoms with E-state index >= 15 is 0 Å². The zero-order valence-electron chi connectivity index (χ0n) is 13.3. The summed E-state index contributed by atoms with van der Waals surface area (Å²) < 4.78 is 0. The highest BCUT2D eigenvalue weighted by Crippen LogP contribution is 2.17. The second-order valence-corrected chi connectivity index (χ2v) is 6.95. The number of nitrogens with one attached hydrogen (secondary N) is 1. The Morgan fingerprint density at radius 2 is 1.95 bits per heavy atom. The molecule has 3 heteroatoms. The summed E-state index contributed by atoms with van der Waals surface area (Å²) in [4.78, 5) is 4.45. The zero-order chi connectivity index (χ0) is 15.1. The minimum Gasteiger partial charge on any atom is -0.316 e. The number of aryl methyl sites for hydroxylation is 1. The van der Waals surface area contributed by atoms with E-state index in [9.17, 15) is 0 Å². The fraction of sp³-hybridized carbons (Fsp3) is 0.500. The van der Waals surface area contributed by atoms with Crippen LogP contribution in [0.15, 0.2) is 35.2 Å². The lowest BCUT2D eigenvalue weighted by atomic mass is 9.92. The molecule has 0 amide bonds. The maximum absolute atomic E-state index is 4.45. The molecule has 1 heterocycles. The van der Waals surface area contributed by atoms with Crippen LogP contribution in [0.4, 0.5) is 0 Å². The number of nitrogens with zero attached hydrogens (tertiary/aromatic N) is 1. The minimum atomic E-state index is 0.604. The Hall–Kier alpha value is -1.19. The van der Waals surface area contributed by atoms with Gasteiger partial charge in [0.15, 0.2) is 0 Å². The van der Waals surface area contributed by atoms with Crippen molar-refractivity contribution in [3.8, 4) is 0 Å². The van der Waals surface area contributed by atoms with Gasteiger partial charge in [0.05, 0.1) is 11.2 Å². The Labute approximate surface area is 132 Å². The molecule has 1 aromatic heterocycles. The van der Waals surface area contributed by atoms with Gasteiger partial charge in [-0.15, -0.1) is 11.3 Å². The van der Waals surface area contributed by atoms with Gasteiger partial charge in [0.25, 0.3) is 0 Å². The molecular weight excluding hydrogens is 276 g/mol. The van der Waals surface area contributed by atoms with Gasteiger partial charge in [0, 0.05) is 5.38 Å². The lowest BCUT2D eigenvalue weighted by Crippen LogP contribution is -2.29. The van der Waals surface area contributed by atoms with Crippen molar-refractivity contribution in [3.63, 3.8) is 0 Å². The average molecular weight is 302 g/mol. The standard InChI is InChI=1S/C18H26N2S/c1-14(2)10-19-11-16(9-18-12-21-13-20-18)8-17-7-5-4-6-15(17)3/h4-7,12-14,16,19H,8-11H2,1-3H3. The van der Waals surface area contributed by atoms with Crippen molar-refractivity contribution in [3.05, 3.63) is 52.0 Å². The molecule has 2 rings (SSSR count). The first-order valence-corrected chi connectivity index (χ1v) is 8.71. The zero-order valence-corrected chi connectivity index (χ0v) is 14.1. The van der Waals surface area contributed by atoms with Gasteiger partial charge in [-0.2, -0.15) is 0 Å². The van der Waals surface area contributed by atoms with E-state index < -0.39 is 0 Å². The number of hydrogen-bond acceptors (Lipinski definition) is 3. The molecule has 1 unspecified atom stereocenters. The molecule has 0 bridgehead atoms. The van der Waals surface area contributed by atoms with Crippen LogP contribution in [0.5, 0.6) is 0 Å². The molecule has 0 fully saturated rings. The van der Waals surface area contributed by atoms with Gasteiger partial charge in [-0.3, -0.25) is 0 Å². The van der Waals surface area contributed by atoms with Gasteiger partial charge in [0.1, 0.15) is 0 Å². The van der Waals surface area contributed by atoms with E-state index in [2.05, 4.69) is 60.7 Å². The Morgan fingerprint density at radius 1 is 1.14 bits per heavy atom. The summed E-state index contributed by atoms with van der Waals surface area (Å²) in [6.07, 6.45) is 2.18. The van der Waals surface area contributed by atoms with E-state index in [-0.39, 0.29) is 0 Å². The normalized spacial score (nSPS) is 12.8. The van der Waals surface area contributed by atoms with Crippen molar-refractivity contribution in [1.29, 1.82) is 0 Å². The van der Waals surface area contributed by atoms with Crippen molar-refractivity contribution in [2.75, 3.05) is 13.1 Å². The SMILES string of the molecule is Cc1ccccc1CC(CNCC(C)C)Cc1cscn1. The van der Waals surface area contributed by atoms with Crippen molar-refractivity contribution < 1.29 is 0 Å². The number of benzene rings is 1. The topological polar surface area (TPSA) is 24.9 Å². The fourth-order valence-corrected chi connectivity index (χ4v) is 3.15. The minimum absolute atomic E-state index is 0.604. The van der Waals surface area contributed by atoms with Gasteiger partial charge in [-0.25, -0.2) is 4.98 Å². The Bertz CT molecular complexity index is 520. The molecule has 0 saturated carbocycles. The summed E-state index contributed by atoms with van der Waals surface area (Å²) in [5.41, 5.74) is 6.01. The van der Waals surface area contributed by atoms with Crippen molar-refractivity contribution >= 4 is 11.3 Å². The Balaban J connectivity index is 1.98. The van der Waals surface area contributed by atoms with Crippen LogP contribution in [0.25, 0.3) is 0 Å². The van der Waals surface area contributed by atoms with E-state index in [0.29, 0.717) is 11.8 Å². The third-order valence-corrected chi connectivity index (χ3v) is 4.37. The van der Waals surface area contributed by atoms with E-state index in [0.717, 1.165) is 25.9 Å². The first-order valence-electron chi connectivity index (χ1n) is 7.77. The first kappa shape index (κ1) is 16.2. The summed E-state index contributed by atoms with van der Waals surface area (Å²) in [6.45, 7) is 8.86. The molecule has 114 valence electrons. The molecular formula is C18H26N2S. The van der Waals surface area contributed by atoms with Gasteiger partial charge in [-0.1, -0.05) is 38.1 Å².